The zero-order chi connectivity index (χ0) is 17.7. The Morgan fingerprint density at radius 1 is 1.04 bits per heavy atom. The van der Waals surface area contributed by atoms with Crippen molar-refractivity contribution in [3.63, 3.8) is 0 Å². The van der Waals surface area contributed by atoms with Crippen molar-refractivity contribution in [1.82, 2.24) is 9.97 Å². The number of amides is 1. The summed E-state index contributed by atoms with van der Waals surface area (Å²) in [4.78, 5) is 23.2. The van der Waals surface area contributed by atoms with Gasteiger partial charge in [0.2, 0.25) is 0 Å². The second-order valence-electron chi connectivity index (χ2n) is 6.72. The molecule has 0 aliphatic carbocycles. The predicted molar refractivity (Wildman–Crippen MR) is 98.7 cm³/mol. The standard InChI is InChI=1S/C19H26N4O/c1-6-23(7-2)16-10-8-14(9-11-16)17(24)22-15-12-20-18(21-13-15)19(3,4)5/h8-13H,6-7H2,1-5H3,(H,22,24). The Labute approximate surface area is 144 Å². The van der Waals surface area contributed by atoms with Gasteiger partial charge in [0.25, 0.3) is 5.91 Å². The summed E-state index contributed by atoms with van der Waals surface area (Å²) < 4.78 is 0. The predicted octanol–water partition coefficient (Wildman–Crippen LogP) is 3.87. The first-order valence-electron chi connectivity index (χ1n) is 8.34. The van der Waals surface area contributed by atoms with Gasteiger partial charge in [0, 0.05) is 29.8 Å². The lowest BCUT2D eigenvalue weighted by molar-refractivity contribution is 0.102. The monoisotopic (exact) mass is 326 g/mol. The number of rotatable bonds is 5. The van der Waals surface area contributed by atoms with Gasteiger partial charge in [-0.25, -0.2) is 9.97 Å². The summed E-state index contributed by atoms with van der Waals surface area (Å²) in [7, 11) is 0. The van der Waals surface area contributed by atoms with E-state index in [9.17, 15) is 4.79 Å². The molecule has 0 atom stereocenters. The summed E-state index contributed by atoms with van der Waals surface area (Å²) in [5.41, 5.74) is 2.23. The largest absolute Gasteiger partial charge is 0.372 e. The normalized spacial score (nSPS) is 11.2. The highest BCUT2D eigenvalue weighted by Gasteiger charge is 2.17. The molecule has 0 spiro atoms. The first-order valence-corrected chi connectivity index (χ1v) is 8.34. The summed E-state index contributed by atoms with van der Waals surface area (Å²) in [5.74, 6) is 0.595. The molecule has 0 aliphatic rings. The third-order valence-electron chi connectivity index (χ3n) is 3.84. The summed E-state index contributed by atoms with van der Waals surface area (Å²) in [6.07, 6.45) is 3.30. The lowest BCUT2D eigenvalue weighted by Crippen LogP contribution is -2.22. The van der Waals surface area contributed by atoms with Crippen molar-refractivity contribution in [3.05, 3.63) is 48.0 Å². The lowest BCUT2D eigenvalue weighted by Gasteiger charge is -2.21. The van der Waals surface area contributed by atoms with Crippen LogP contribution in [0.25, 0.3) is 0 Å². The molecule has 1 aromatic heterocycles. The van der Waals surface area contributed by atoms with Crippen molar-refractivity contribution in [2.75, 3.05) is 23.3 Å². The van der Waals surface area contributed by atoms with Crippen LogP contribution in [-0.2, 0) is 5.41 Å². The van der Waals surface area contributed by atoms with Crippen molar-refractivity contribution in [2.24, 2.45) is 0 Å². The van der Waals surface area contributed by atoms with Gasteiger partial charge >= 0.3 is 0 Å². The van der Waals surface area contributed by atoms with E-state index in [0.717, 1.165) is 24.6 Å². The maximum absolute atomic E-state index is 12.3. The highest BCUT2D eigenvalue weighted by Crippen LogP contribution is 2.19. The van der Waals surface area contributed by atoms with Gasteiger partial charge in [-0.2, -0.15) is 0 Å². The summed E-state index contributed by atoms with van der Waals surface area (Å²) in [5, 5.41) is 2.84. The molecule has 0 saturated heterocycles. The highest BCUT2D eigenvalue weighted by atomic mass is 16.1. The van der Waals surface area contributed by atoms with Gasteiger partial charge in [-0.3, -0.25) is 4.79 Å². The Hall–Kier alpha value is -2.43. The molecule has 0 unspecified atom stereocenters. The number of nitrogens with zero attached hydrogens (tertiary/aromatic N) is 3. The Morgan fingerprint density at radius 3 is 2.04 bits per heavy atom. The number of carbonyl (C=O) groups is 1. The molecule has 1 aromatic carbocycles. The number of benzene rings is 1. The van der Waals surface area contributed by atoms with Crippen LogP contribution in [0.15, 0.2) is 36.7 Å². The smallest absolute Gasteiger partial charge is 0.255 e. The zero-order valence-corrected chi connectivity index (χ0v) is 15.1. The fourth-order valence-electron chi connectivity index (χ4n) is 2.40. The van der Waals surface area contributed by atoms with Crippen LogP contribution >= 0.6 is 0 Å². The van der Waals surface area contributed by atoms with E-state index >= 15 is 0 Å². The van der Waals surface area contributed by atoms with Gasteiger partial charge < -0.3 is 10.2 Å². The van der Waals surface area contributed by atoms with Crippen LogP contribution < -0.4 is 10.2 Å². The minimum absolute atomic E-state index is 0.108. The first-order chi connectivity index (χ1) is 11.3. The van der Waals surface area contributed by atoms with E-state index in [0.29, 0.717) is 11.3 Å². The van der Waals surface area contributed by atoms with E-state index in [2.05, 4.69) is 54.8 Å². The molecular formula is C19H26N4O. The number of anilines is 2. The number of aromatic nitrogens is 2. The van der Waals surface area contributed by atoms with E-state index in [1.807, 2.05) is 24.3 Å². The minimum atomic E-state index is -0.159. The first kappa shape index (κ1) is 17.9. The number of hydrogen-bond acceptors (Lipinski definition) is 4. The van der Waals surface area contributed by atoms with Crippen LogP contribution in [0.3, 0.4) is 0 Å². The fourth-order valence-corrected chi connectivity index (χ4v) is 2.40. The number of nitrogens with one attached hydrogen (secondary N) is 1. The molecule has 1 heterocycles. The van der Waals surface area contributed by atoms with Gasteiger partial charge in [-0.1, -0.05) is 20.8 Å². The zero-order valence-electron chi connectivity index (χ0n) is 15.1. The average molecular weight is 326 g/mol. The summed E-state index contributed by atoms with van der Waals surface area (Å²) in [6.45, 7) is 12.3. The molecule has 0 saturated carbocycles. The van der Waals surface area contributed by atoms with Gasteiger partial charge in [0.1, 0.15) is 5.82 Å². The third kappa shape index (κ3) is 4.31. The summed E-state index contributed by atoms with van der Waals surface area (Å²) in [6, 6.07) is 7.63. The molecule has 0 aliphatic heterocycles. The maximum Gasteiger partial charge on any atom is 0.255 e. The average Bonchev–Trinajstić information content (AvgIpc) is 2.56. The van der Waals surface area contributed by atoms with Crippen LogP contribution in [0.5, 0.6) is 0 Å². The van der Waals surface area contributed by atoms with Crippen molar-refractivity contribution in [2.45, 2.75) is 40.0 Å². The van der Waals surface area contributed by atoms with Crippen molar-refractivity contribution in [1.29, 1.82) is 0 Å². The maximum atomic E-state index is 12.3. The Kier molecular flexibility index (Phi) is 5.54. The van der Waals surface area contributed by atoms with E-state index in [1.165, 1.54) is 0 Å². The molecule has 2 aromatic rings. The Balaban J connectivity index is 2.07. The molecule has 24 heavy (non-hydrogen) atoms. The molecule has 128 valence electrons. The molecule has 0 bridgehead atoms. The van der Waals surface area contributed by atoms with Crippen molar-refractivity contribution in [3.8, 4) is 0 Å². The second kappa shape index (κ2) is 7.43. The number of carbonyl (C=O) groups excluding carboxylic acids is 1. The minimum Gasteiger partial charge on any atom is -0.372 e. The molecular weight excluding hydrogens is 300 g/mol. The fraction of sp³-hybridized carbons (Fsp3) is 0.421. The third-order valence-corrected chi connectivity index (χ3v) is 3.84. The topological polar surface area (TPSA) is 58.1 Å². The number of hydrogen-bond donors (Lipinski definition) is 1. The Morgan fingerprint density at radius 2 is 1.58 bits per heavy atom. The van der Waals surface area contributed by atoms with Crippen LogP contribution in [-0.4, -0.2) is 29.0 Å². The van der Waals surface area contributed by atoms with E-state index in [4.69, 9.17) is 0 Å². The van der Waals surface area contributed by atoms with Gasteiger partial charge in [-0.05, 0) is 38.1 Å². The molecule has 1 N–H and O–H groups in total. The quantitative estimate of drug-likeness (QED) is 0.906. The van der Waals surface area contributed by atoms with Crippen molar-refractivity contribution >= 4 is 17.3 Å². The van der Waals surface area contributed by atoms with Crippen LogP contribution in [0, 0.1) is 0 Å². The summed E-state index contributed by atoms with van der Waals surface area (Å²) >= 11 is 0. The lowest BCUT2D eigenvalue weighted by atomic mass is 9.96. The van der Waals surface area contributed by atoms with E-state index < -0.39 is 0 Å². The molecule has 5 nitrogen and oxygen atoms in total. The highest BCUT2D eigenvalue weighted by molar-refractivity contribution is 6.04. The van der Waals surface area contributed by atoms with Crippen LogP contribution in [0.2, 0.25) is 0 Å². The second-order valence-corrected chi connectivity index (χ2v) is 6.72. The van der Waals surface area contributed by atoms with E-state index in [-0.39, 0.29) is 11.3 Å². The SMILES string of the molecule is CCN(CC)c1ccc(C(=O)Nc2cnc(C(C)(C)C)nc2)cc1. The van der Waals surface area contributed by atoms with Crippen LogP contribution in [0.1, 0.15) is 50.8 Å². The molecule has 2 rings (SSSR count). The molecule has 0 fully saturated rings. The van der Waals surface area contributed by atoms with Gasteiger partial charge in [0.15, 0.2) is 0 Å². The molecule has 0 radical (unpaired) electrons. The van der Waals surface area contributed by atoms with Gasteiger partial charge in [0.05, 0.1) is 18.1 Å². The Bertz CT molecular complexity index is 668. The molecule has 5 heteroatoms. The van der Waals surface area contributed by atoms with E-state index in [1.54, 1.807) is 12.4 Å². The molecule has 1 amide bonds. The van der Waals surface area contributed by atoms with Crippen LogP contribution in [0.4, 0.5) is 11.4 Å². The van der Waals surface area contributed by atoms with Gasteiger partial charge in [-0.15, -0.1) is 0 Å². The van der Waals surface area contributed by atoms with Crippen molar-refractivity contribution < 1.29 is 4.79 Å².